The molecule has 0 amide bonds. The Kier molecular flexibility index (Phi) is 3.89. The first-order chi connectivity index (χ1) is 9.31. The maximum atomic E-state index is 4.44. The summed E-state index contributed by atoms with van der Waals surface area (Å²) in [5.41, 5.74) is 0.408. The van der Waals surface area contributed by atoms with Crippen LogP contribution in [0.15, 0.2) is 12.4 Å². The molecule has 1 N–H and O–H groups in total. The average molecular weight is 262 g/mol. The third-order valence-electron chi connectivity index (χ3n) is 5.07. The van der Waals surface area contributed by atoms with E-state index in [1.54, 1.807) is 0 Å². The van der Waals surface area contributed by atoms with E-state index in [9.17, 15) is 0 Å². The molecule has 0 unspecified atom stereocenters. The summed E-state index contributed by atoms with van der Waals surface area (Å²) in [6.07, 6.45) is 12.2. The number of nitrogens with zero attached hydrogens (tertiary/aromatic N) is 3. The number of rotatable bonds is 4. The van der Waals surface area contributed by atoms with Gasteiger partial charge in [-0.3, -0.25) is 4.90 Å². The summed E-state index contributed by atoms with van der Waals surface area (Å²) in [6, 6.07) is 0. The first-order valence-electron chi connectivity index (χ1n) is 7.73. The van der Waals surface area contributed by atoms with Gasteiger partial charge in [0.05, 0.1) is 6.54 Å². The molecule has 1 fully saturated rings. The van der Waals surface area contributed by atoms with E-state index in [4.69, 9.17) is 0 Å². The monoisotopic (exact) mass is 262 g/mol. The fourth-order valence-electron chi connectivity index (χ4n) is 3.64. The molecule has 19 heavy (non-hydrogen) atoms. The summed E-state index contributed by atoms with van der Waals surface area (Å²) in [6.45, 7) is 4.49. The first-order valence-corrected chi connectivity index (χ1v) is 7.73. The Bertz CT molecular complexity index is 406. The normalized spacial score (nSPS) is 23.2. The molecule has 0 radical (unpaired) electrons. The molecule has 4 heteroatoms. The maximum absolute atomic E-state index is 4.44. The molecule has 1 aliphatic heterocycles. The minimum absolute atomic E-state index is 0.408. The standard InChI is InChI=1S/C15H26N4/c1-16-15(5-3-2-4-6-15)7-9-18-11-12-19-10-8-17-14(19)13-18/h8,10,16H,2-7,9,11-13H2,1H3. The van der Waals surface area contributed by atoms with Gasteiger partial charge in [0.1, 0.15) is 5.82 Å². The second-order valence-corrected chi connectivity index (χ2v) is 6.15. The highest BCUT2D eigenvalue weighted by atomic mass is 15.2. The van der Waals surface area contributed by atoms with Crippen molar-refractivity contribution < 1.29 is 0 Å². The third kappa shape index (κ3) is 2.84. The zero-order valence-electron chi connectivity index (χ0n) is 12.1. The van der Waals surface area contributed by atoms with Gasteiger partial charge < -0.3 is 9.88 Å². The van der Waals surface area contributed by atoms with Crippen LogP contribution in [0.5, 0.6) is 0 Å². The van der Waals surface area contributed by atoms with Crippen LogP contribution in [-0.2, 0) is 13.1 Å². The smallest absolute Gasteiger partial charge is 0.122 e. The molecule has 0 spiro atoms. The zero-order valence-corrected chi connectivity index (χ0v) is 12.1. The molecule has 0 saturated heterocycles. The number of nitrogens with one attached hydrogen (secondary N) is 1. The first kappa shape index (κ1) is 13.1. The molecule has 0 aromatic carbocycles. The predicted octanol–water partition coefficient (Wildman–Crippen LogP) is 2.01. The van der Waals surface area contributed by atoms with Crippen molar-refractivity contribution >= 4 is 0 Å². The fraction of sp³-hybridized carbons (Fsp3) is 0.800. The van der Waals surface area contributed by atoms with Gasteiger partial charge in [0, 0.05) is 37.6 Å². The number of fused-ring (bicyclic) bond motifs is 1. The molecular weight excluding hydrogens is 236 g/mol. The van der Waals surface area contributed by atoms with Crippen molar-refractivity contribution in [1.29, 1.82) is 0 Å². The minimum atomic E-state index is 0.408. The van der Waals surface area contributed by atoms with E-state index < -0.39 is 0 Å². The highest BCUT2D eigenvalue weighted by Gasteiger charge is 2.30. The van der Waals surface area contributed by atoms with Crippen molar-refractivity contribution in [3.05, 3.63) is 18.2 Å². The van der Waals surface area contributed by atoms with Crippen molar-refractivity contribution in [2.75, 3.05) is 20.1 Å². The molecule has 0 bridgehead atoms. The van der Waals surface area contributed by atoms with E-state index in [0.29, 0.717) is 5.54 Å². The lowest BCUT2D eigenvalue weighted by atomic mass is 9.79. The van der Waals surface area contributed by atoms with Gasteiger partial charge in [-0.05, 0) is 26.3 Å². The largest absolute Gasteiger partial charge is 0.333 e. The molecule has 1 saturated carbocycles. The maximum Gasteiger partial charge on any atom is 0.122 e. The topological polar surface area (TPSA) is 33.1 Å². The van der Waals surface area contributed by atoms with Crippen LogP contribution >= 0.6 is 0 Å². The average Bonchev–Trinajstić information content (AvgIpc) is 2.93. The fourth-order valence-corrected chi connectivity index (χ4v) is 3.64. The van der Waals surface area contributed by atoms with Crippen LogP contribution in [0.2, 0.25) is 0 Å². The summed E-state index contributed by atoms with van der Waals surface area (Å²) in [5, 5.41) is 3.62. The van der Waals surface area contributed by atoms with E-state index in [0.717, 1.165) is 13.1 Å². The van der Waals surface area contributed by atoms with E-state index in [1.165, 1.54) is 57.4 Å². The van der Waals surface area contributed by atoms with Crippen LogP contribution in [0.4, 0.5) is 0 Å². The lowest BCUT2D eigenvalue weighted by Crippen LogP contribution is -2.47. The van der Waals surface area contributed by atoms with Crippen molar-refractivity contribution in [1.82, 2.24) is 19.8 Å². The van der Waals surface area contributed by atoms with Crippen LogP contribution < -0.4 is 5.32 Å². The van der Waals surface area contributed by atoms with Gasteiger partial charge in [0.25, 0.3) is 0 Å². The molecule has 0 atom stereocenters. The van der Waals surface area contributed by atoms with Crippen molar-refractivity contribution in [2.24, 2.45) is 0 Å². The minimum Gasteiger partial charge on any atom is -0.333 e. The Hall–Kier alpha value is -0.870. The quantitative estimate of drug-likeness (QED) is 0.901. The van der Waals surface area contributed by atoms with Gasteiger partial charge >= 0.3 is 0 Å². The van der Waals surface area contributed by atoms with Crippen molar-refractivity contribution in [3.63, 3.8) is 0 Å². The van der Waals surface area contributed by atoms with Crippen molar-refractivity contribution in [2.45, 2.75) is 57.2 Å². The molecule has 2 aliphatic rings. The van der Waals surface area contributed by atoms with Crippen molar-refractivity contribution in [3.8, 4) is 0 Å². The summed E-state index contributed by atoms with van der Waals surface area (Å²) in [4.78, 5) is 7.01. The molecule has 1 aromatic rings. The van der Waals surface area contributed by atoms with E-state index in [-0.39, 0.29) is 0 Å². The van der Waals surface area contributed by atoms with E-state index >= 15 is 0 Å². The van der Waals surface area contributed by atoms with Crippen LogP contribution in [0.3, 0.4) is 0 Å². The predicted molar refractivity (Wildman–Crippen MR) is 77.0 cm³/mol. The van der Waals surface area contributed by atoms with Gasteiger partial charge in [-0.1, -0.05) is 19.3 Å². The summed E-state index contributed by atoms with van der Waals surface area (Å²) in [7, 11) is 2.15. The molecule has 3 rings (SSSR count). The Morgan fingerprint density at radius 2 is 2.11 bits per heavy atom. The Morgan fingerprint density at radius 3 is 2.89 bits per heavy atom. The van der Waals surface area contributed by atoms with Crippen LogP contribution in [0, 0.1) is 0 Å². The molecule has 106 valence electrons. The number of hydrogen-bond donors (Lipinski definition) is 1. The second kappa shape index (κ2) is 5.63. The molecule has 2 heterocycles. The second-order valence-electron chi connectivity index (χ2n) is 6.15. The lowest BCUT2D eigenvalue weighted by Gasteiger charge is -2.39. The van der Waals surface area contributed by atoms with Gasteiger partial charge in [-0.15, -0.1) is 0 Å². The third-order valence-corrected chi connectivity index (χ3v) is 5.07. The Morgan fingerprint density at radius 1 is 1.26 bits per heavy atom. The molecule has 4 nitrogen and oxygen atoms in total. The Balaban J connectivity index is 1.55. The van der Waals surface area contributed by atoms with Gasteiger partial charge in [-0.25, -0.2) is 4.98 Å². The summed E-state index contributed by atoms with van der Waals surface area (Å²) >= 11 is 0. The van der Waals surface area contributed by atoms with Gasteiger partial charge in [0.15, 0.2) is 0 Å². The number of hydrogen-bond acceptors (Lipinski definition) is 3. The van der Waals surface area contributed by atoms with Gasteiger partial charge in [-0.2, -0.15) is 0 Å². The number of aromatic nitrogens is 2. The van der Waals surface area contributed by atoms with E-state index in [1.807, 2.05) is 6.20 Å². The van der Waals surface area contributed by atoms with Crippen LogP contribution in [0.1, 0.15) is 44.3 Å². The lowest BCUT2D eigenvalue weighted by molar-refractivity contribution is 0.160. The summed E-state index contributed by atoms with van der Waals surface area (Å²) in [5.74, 6) is 1.23. The highest BCUT2D eigenvalue weighted by Crippen LogP contribution is 2.31. The van der Waals surface area contributed by atoms with E-state index in [2.05, 4.69) is 33.0 Å². The molecule has 1 aliphatic carbocycles. The van der Waals surface area contributed by atoms with Crippen LogP contribution in [0.25, 0.3) is 0 Å². The SMILES string of the molecule is CNC1(CCN2CCn3ccnc3C2)CCCCC1. The highest BCUT2D eigenvalue weighted by molar-refractivity contribution is 4.96. The Labute approximate surface area is 116 Å². The van der Waals surface area contributed by atoms with Crippen LogP contribution in [-0.4, -0.2) is 40.1 Å². The number of imidazole rings is 1. The zero-order chi connectivity index (χ0) is 13.1. The van der Waals surface area contributed by atoms with Gasteiger partial charge in [0.2, 0.25) is 0 Å². The summed E-state index contributed by atoms with van der Waals surface area (Å²) < 4.78 is 2.28. The molecule has 1 aromatic heterocycles. The molecular formula is C15H26N4.